The second-order valence-electron chi connectivity index (χ2n) is 2.08. The van der Waals surface area contributed by atoms with Gasteiger partial charge in [-0.3, -0.25) is 0 Å². The highest BCUT2D eigenvalue weighted by atomic mass is 16.5. The number of aromatic nitrogens is 2. The summed E-state index contributed by atoms with van der Waals surface area (Å²) >= 11 is 0. The summed E-state index contributed by atoms with van der Waals surface area (Å²) in [6, 6.07) is 0. The van der Waals surface area contributed by atoms with Crippen molar-refractivity contribution in [1.29, 1.82) is 0 Å². The van der Waals surface area contributed by atoms with Crippen LogP contribution >= 0.6 is 0 Å². The van der Waals surface area contributed by atoms with Crippen molar-refractivity contribution in [2.75, 3.05) is 19.5 Å². The minimum atomic E-state index is 0.665. The molecular weight excluding hydrogens is 166 g/mol. The van der Waals surface area contributed by atoms with E-state index in [4.69, 9.17) is 4.74 Å². The van der Waals surface area contributed by atoms with E-state index in [0.717, 1.165) is 11.6 Å². The predicted octanol–water partition coefficient (Wildman–Crippen LogP) is 1.86. The monoisotopic (exact) mass is 183 g/mol. The molecule has 0 aromatic carbocycles. The summed E-state index contributed by atoms with van der Waals surface area (Å²) in [6.45, 7) is 5.83. The minimum absolute atomic E-state index is 0.665. The third-order valence-electron chi connectivity index (χ3n) is 1.33. The van der Waals surface area contributed by atoms with Gasteiger partial charge in [0.2, 0.25) is 0 Å². The Balaban J connectivity index is 0.000000671. The molecule has 0 fully saturated rings. The summed E-state index contributed by atoms with van der Waals surface area (Å²) in [7, 11) is 3.39. The Bertz CT molecular complexity index is 251. The molecule has 0 spiro atoms. The maximum absolute atomic E-state index is 5.00. The topological polar surface area (TPSA) is 47.0 Å². The van der Waals surface area contributed by atoms with Gasteiger partial charge in [0, 0.05) is 7.05 Å². The van der Waals surface area contributed by atoms with Crippen molar-refractivity contribution < 1.29 is 4.74 Å². The van der Waals surface area contributed by atoms with Crippen LogP contribution in [0.2, 0.25) is 0 Å². The molecule has 4 heteroatoms. The molecule has 0 atom stereocenters. The zero-order chi connectivity index (χ0) is 10.3. The van der Waals surface area contributed by atoms with Crippen LogP contribution in [-0.2, 0) is 0 Å². The molecule has 74 valence electrons. The summed E-state index contributed by atoms with van der Waals surface area (Å²) in [5, 5.41) is 2.91. The second kappa shape index (κ2) is 6.22. The molecule has 1 aromatic rings. The van der Waals surface area contributed by atoms with Crippen molar-refractivity contribution in [3.8, 4) is 5.75 Å². The summed E-state index contributed by atoms with van der Waals surface area (Å²) in [6.07, 6.45) is 1.65. The predicted molar refractivity (Wildman–Crippen MR) is 54.2 cm³/mol. The Morgan fingerprint density at radius 1 is 1.38 bits per heavy atom. The largest absolute Gasteiger partial charge is 0.491 e. The number of anilines is 1. The number of ether oxygens (including phenoxy) is 1. The normalized spacial score (nSPS) is 8.38. The molecule has 0 amide bonds. The second-order valence-corrected chi connectivity index (χ2v) is 2.08. The SMILES string of the molecule is CC.CNc1nc(C)ncc1OC. The minimum Gasteiger partial charge on any atom is -0.491 e. The number of hydrogen-bond acceptors (Lipinski definition) is 4. The van der Waals surface area contributed by atoms with E-state index in [-0.39, 0.29) is 0 Å². The smallest absolute Gasteiger partial charge is 0.179 e. The maximum Gasteiger partial charge on any atom is 0.179 e. The van der Waals surface area contributed by atoms with E-state index in [1.165, 1.54) is 0 Å². The van der Waals surface area contributed by atoms with E-state index in [0.29, 0.717) is 5.75 Å². The van der Waals surface area contributed by atoms with Crippen LogP contribution in [0, 0.1) is 6.92 Å². The summed E-state index contributed by atoms with van der Waals surface area (Å²) < 4.78 is 5.00. The van der Waals surface area contributed by atoms with Gasteiger partial charge in [-0.2, -0.15) is 0 Å². The third-order valence-corrected chi connectivity index (χ3v) is 1.33. The van der Waals surface area contributed by atoms with Crippen molar-refractivity contribution in [1.82, 2.24) is 9.97 Å². The molecule has 13 heavy (non-hydrogen) atoms. The van der Waals surface area contributed by atoms with Crippen LogP contribution in [0.4, 0.5) is 5.82 Å². The van der Waals surface area contributed by atoms with Crippen LogP contribution in [0.5, 0.6) is 5.75 Å². The first-order valence-corrected chi connectivity index (χ1v) is 4.33. The fraction of sp³-hybridized carbons (Fsp3) is 0.556. The van der Waals surface area contributed by atoms with Crippen molar-refractivity contribution in [2.24, 2.45) is 0 Å². The third kappa shape index (κ3) is 3.27. The first-order valence-electron chi connectivity index (χ1n) is 4.33. The zero-order valence-electron chi connectivity index (χ0n) is 8.88. The number of nitrogens with one attached hydrogen (secondary N) is 1. The number of methoxy groups -OCH3 is 1. The van der Waals surface area contributed by atoms with Gasteiger partial charge < -0.3 is 10.1 Å². The van der Waals surface area contributed by atoms with E-state index in [1.807, 2.05) is 20.8 Å². The molecule has 0 unspecified atom stereocenters. The van der Waals surface area contributed by atoms with Gasteiger partial charge in [-0.05, 0) is 6.92 Å². The molecule has 0 radical (unpaired) electrons. The standard InChI is InChI=1S/C7H11N3O.C2H6/c1-5-9-4-6(11-3)7(8-2)10-5;1-2/h4H,1-3H3,(H,8,9,10);1-2H3. The van der Waals surface area contributed by atoms with Crippen molar-refractivity contribution in [3.63, 3.8) is 0 Å². The Hall–Kier alpha value is -1.32. The Labute approximate surface area is 79.4 Å². The Morgan fingerprint density at radius 2 is 2.00 bits per heavy atom. The zero-order valence-corrected chi connectivity index (χ0v) is 8.88. The number of nitrogens with zero attached hydrogens (tertiary/aromatic N) is 2. The lowest BCUT2D eigenvalue weighted by Gasteiger charge is -2.05. The van der Waals surface area contributed by atoms with Gasteiger partial charge in [-0.25, -0.2) is 9.97 Å². The average molecular weight is 183 g/mol. The average Bonchev–Trinajstić information content (AvgIpc) is 2.20. The lowest BCUT2D eigenvalue weighted by Crippen LogP contribution is -1.99. The van der Waals surface area contributed by atoms with Crippen molar-refractivity contribution in [2.45, 2.75) is 20.8 Å². The molecule has 0 aliphatic rings. The summed E-state index contributed by atoms with van der Waals surface area (Å²) in [5.41, 5.74) is 0. The molecule has 0 aliphatic heterocycles. The molecule has 4 nitrogen and oxygen atoms in total. The van der Waals surface area contributed by atoms with E-state index >= 15 is 0 Å². The highest BCUT2D eigenvalue weighted by molar-refractivity contribution is 5.47. The number of hydrogen-bond donors (Lipinski definition) is 1. The molecule has 0 saturated carbocycles. The van der Waals surface area contributed by atoms with Gasteiger partial charge in [0.15, 0.2) is 11.6 Å². The molecule has 1 aromatic heterocycles. The Morgan fingerprint density at radius 3 is 2.46 bits per heavy atom. The van der Waals surface area contributed by atoms with Crippen molar-refractivity contribution in [3.05, 3.63) is 12.0 Å². The molecular formula is C9H17N3O. The molecule has 1 heterocycles. The highest BCUT2D eigenvalue weighted by Gasteiger charge is 2.01. The van der Waals surface area contributed by atoms with Crippen molar-refractivity contribution >= 4 is 5.82 Å². The van der Waals surface area contributed by atoms with Crippen LogP contribution in [0.15, 0.2) is 6.20 Å². The van der Waals surface area contributed by atoms with Crippen LogP contribution in [0.1, 0.15) is 19.7 Å². The van der Waals surface area contributed by atoms with Crippen LogP contribution < -0.4 is 10.1 Å². The van der Waals surface area contributed by atoms with Crippen LogP contribution in [0.25, 0.3) is 0 Å². The van der Waals surface area contributed by atoms with Gasteiger partial charge in [-0.1, -0.05) is 13.8 Å². The lowest BCUT2D eigenvalue weighted by atomic mass is 10.5. The quantitative estimate of drug-likeness (QED) is 0.760. The van der Waals surface area contributed by atoms with Gasteiger partial charge in [-0.15, -0.1) is 0 Å². The highest BCUT2D eigenvalue weighted by Crippen LogP contribution is 2.18. The first-order chi connectivity index (χ1) is 6.27. The van der Waals surface area contributed by atoms with Crippen LogP contribution in [0.3, 0.4) is 0 Å². The van der Waals surface area contributed by atoms with Gasteiger partial charge in [0.05, 0.1) is 13.3 Å². The molecule has 1 N–H and O–H groups in total. The van der Waals surface area contributed by atoms with E-state index < -0.39 is 0 Å². The summed E-state index contributed by atoms with van der Waals surface area (Å²) in [5.74, 6) is 2.12. The molecule has 0 bridgehead atoms. The van der Waals surface area contributed by atoms with E-state index in [9.17, 15) is 0 Å². The van der Waals surface area contributed by atoms with Crippen LogP contribution in [-0.4, -0.2) is 24.1 Å². The molecule has 1 rings (SSSR count). The fourth-order valence-electron chi connectivity index (χ4n) is 0.787. The first kappa shape index (κ1) is 11.7. The lowest BCUT2D eigenvalue weighted by molar-refractivity contribution is 0.412. The maximum atomic E-state index is 5.00. The number of aryl methyl sites for hydroxylation is 1. The molecule has 0 aliphatic carbocycles. The summed E-state index contributed by atoms with van der Waals surface area (Å²) in [4.78, 5) is 8.10. The van der Waals surface area contributed by atoms with E-state index in [1.54, 1.807) is 20.4 Å². The molecule has 0 saturated heterocycles. The Kier molecular flexibility index (Phi) is 5.59. The fourth-order valence-corrected chi connectivity index (χ4v) is 0.787. The van der Waals surface area contributed by atoms with E-state index in [2.05, 4.69) is 15.3 Å². The van der Waals surface area contributed by atoms with Gasteiger partial charge >= 0.3 is 0 Å². The number of rotatable bonds is 2. The van der Waals surface area contributed by atoms with Gasteiger partial charge in [0.1, 0.15) is 5.82 Å². The van der Waals surface area contributed by atoms with Gasteiger partial charge in [0.25, 0.3) is 0 Å².